The highest BCUT2D eigenvalue weighted by atomic mass is 16.2. The van der Waals surface area contributed by atoms with E-state index >= 15 is 0 Å². The van der Waals surface area contributed by atoms with Crippen molar-refractivity contribution in [3.8, 4) is 0 Å². The van der Waals surface area contributed by atoms with Crippen LogP contribution in [-0.2, 0) is 11.2 Å². The maximum atomic E-state index is 12.3. The van der Waals surface area contributed by atoms with Crippen molar-refractivity contribution in [3.63, 3.8) is 0 Å². The highest BCUT2D eigenvalue weighted by Gasteiger charge is 2.38. The van der Waals surface area contributed by atoms with Crippen molar-refractivity contribution < 1.29 is 9.59 Å². The average Bonchev–Trinajstić information content (AvgIpc) is 2.85. The van der Waals surface area contributed by atoms with Gasteiger partial charge in [-0.15, -0.1) is 0 Å². The minimum atomic E-state index is -0.321. The summed E-state index contributed by atoms with van der Waals surface area (Å²) in [7, 11) is 0. The van der Waals surface area contributed by atoms with Crippen LogP contribution in [0.4, 0.5) is 4.79 Å². The number of likely N-dealkylation sites (tertiary alicyclic amines) is 1. The van der Waals surface area contributed by atoms with Crippen molar-refractivity contribution in [3.05, 3.63) is 35.9 Å². The van der Waals surface area contributed by atoms with Crippen LogP contribution in [0.15, 0.2) is 30.3 Å². The summed E-state index contributed by atoms with van der Waals surface area (Å²) in [5.74, 6) is 0.632. The maximum absolute atomic E-state index is 12.3. The Morgan fingerprint density at radius 1 is 1.12 bits per heavy atom. The molecule has 1 aromatic carbocycles. The number of nitrogens with one attached hydrogen (secondary N) is 1. The molecular weight excluding hydrogens is 302 g/mol. The summed E-state index contributed by atoms with van der Waals surface area (Å²) in [4.78, 5) is 27.9. The smallest absolute Gasteiger partial charge is 0.325 e. The fourth-order valence-electron chi connectivity index (χ4n) is 3.67. The molecule has 5 heteroatoms. The summed E-state index contributed by atoms with van der Waals surface area (Å²) in [5, 5.41) is 2.80. The molecule has 0 aliphatic carbocycles. The van der Waals surface area contributed by atoms with Crippen LogP contribution in [0.3, 0.4) is 0 Å². The van der Waals surface area contributed by atoms with E-state index in [0.29, 0.717) is 12.6 Å². The molecular formula is C19H27N3O2. The molecule has 2 aliphatic rings. The lowest BCUT2D eigenvalue weighted by Gasteiger charge is -2.33. The Morgan fingerprint density at radius 3 is 2.50 bits per heavy atom. The zero-order valence-corrected chi connectivity index (χ0v) is 14.4. The van der Waals surface area contributed by atoms with E-state index in [1.165, 1.54) is 10.5 Å². The summed E-state index contributed by atoms with van der Waals surface area (Å²) in [6.07, 6.45) is 4.99. The number of amides is 3. The highest BCUT2D eigenvalue weighted by molar-refractivity contribution is 6.04. The lowest BCUT2D eigenvalue weighted by Crippen LogP contribution is -2.45. The van der Waals surface area contributed by atoms with Crippen molar-refractivity contribution in [2.24, 2.45) is 5.92 Å². The summed E-state index contributed by atoms with van der Waals surface area (Å²) in [6.45, 7) is 4.36. The molecule has 1 aromatic rings. The molecule has 0 aromatic heterocycles. The van der Waals surface area contributed by atoms with Gasteiger partial charge in [-0.05, 0) is 37.2 Å². The number of carbonyl (C=O) groups is 2. The summed E-state index contributed by atoms with van der Waals surface area (Å²) >= 11 is 0. The fourth-order valence-corrected chi connectivity index (χ4v) is 3.67. The predicted molar refractivity (Wildman–Crippen MR) is 93.4 cm³/mol. The fraction of sp³-hybridized carbons (Fsp3) is 0.579. The number of benzene rings is 1. The second-order valence-corrected chi connectivity index (χ2v) is 6.95. The third-order valence-electron chi connectivity index (χ3n) is 5.10. The minimum Gasteiger partial charge on any atom is -0.326 e. The molecule has 24 heavy (non-hydrogen) atoms. The molecule has 0 bridgehead atoms. The Balaban J connectivity index is 1.47. The topological polar surface area (TPSA) is 52.7 Å². The third kappa shape index (κ3) is 3.96. The Morgan fingerprint density at radius 2 is 1.83 bits per heavy atom. The molecule has 5 nitrogen and oxygen atoms in total. The third-order valence-corrected chi connectivity index (χ3v) is 5.10. The second kappa shape index (κ2) is 7.79. The van der Waals surface area contributed by atoms with Gasteiger partial charge in [-0.2, -0.15) is 0 Å². The van der Waals surface area contributed by atoms with Gasteiger partial charge in [0.25, 0.3) is 5.91 Å². The average molecular weight is 329 g/mol. The van der Waals surface area contributed by atoms with Gasteiger partial charge in [0.05, 0.1) is 6.67 Å². The summed E-state index contributed by atoms with van der Waals surface area (Å²) < 4.78 is 0. The van der Waals surface area contributed by atoms with Crippen LogP contribution < -0.4 is 5.32 Å². The summed E-state index contributed by atoms with van der Waals surface area (Å²) in [5.41, 5.74) is 1.40. The van der Waals surface area contributed by atoms with E-state index in [4.69, 9.17) is 0 Å². The highest BCUT2D eigenvalue weighted by Crippen LogP contribution is 2.22. The van der Waals surface area contributed by atoms with Gasteiger partial charge >= 0.3 is 6.03 Å². The van der Waals surface area contributed by atoms with E-state index in [9.17, 15) is 9.59 Å². The molecule has 0 saturated carbocycles. The number of piperidine rings is 1. The first-order valence-electron chi connectivity index (χ1n) is 9.05. The minimum absolute atomic E-state index is 0.0618. The van der Waals surface area contributed by atoms with Crippen LogP contribution in [0.5, 0.6) is 0 Å². The molecule has 3 amide bonds. The Bertz CT molecular complexity index is 567. The van der Waals surface area contributed by atoms with Gasteiger partial charge in [-0.3, -0.25) is 9.69 Å². The van der Waals surface area contributed by atoms with Gasteiger partial charge in [-0.25, -0.2) is 9.69 Å². The number of rotatable bonds is 6. The molecule has 130 valence electrons. The normalized spacial score (nSPS) is 22.9. The molecule has 0 spiro atoms. The monoisotopic (exact) mass is 329 g/mol. The summed E-state index contributed by atoms with van der Waals surface area (Å²) in [6, 6.07) is 10.1. The number of nitrogens with zero attached hydrogens (tertiary/aromatic N) is 2. The number of hydrogen-bond acceptors (Lipinski definition) is 3. The molecule has 2 aliphatic heterocycles. The van der Waals surface area contributed by atoms with Gasteiger partial charge in [0.2, 0.25) is 0 Å². The van der Waals surface area contributed by atoms with E-state index in [-0.39, 0.29) is 18.0 Å². The molecule has 2 heterocycles. The quantitative estimate of drug-likeness (QED) is 0.816. The van der Waals surface area contributed by atoms with E-state index in [1.807, 2.05) is 6.92 Å². The number of imide groups is 1. The van der Waals surface area contributed by atoms with Crippen molar-refractivity contribution in [1.29, 1.82) is 0 Å². The Hall–Kier alpha value is -1.88. The lowest BCUT2D eigenvalue weighted by atomic mass is 9.90. The standard InChI is InChI=1S/C19H27N3O2/c1-2-6-17-18(23)22(19(24)20-17)14-21-11-9-16(10-12-21)13-15-7-4-3-5-8-15/h3-5,7-8,16-17H,2,6,9-14H2,1H3,(H,20,24)/t17-/m1/s1. The SMILES string of the molecule is CCC[C@H]1NC(=O)N(CN2CCC(Cc3ccccc3)CC2)C1=O. The van der Waals surface area contributed by atoms with Crippen molar-refractivity contribution >= 4 is 11.9 Å². The van der Waals surface area contributed by atoms with Gasteiger partial charge < -0.3 is 5.32 Å². The molecule has 2 fully saturated rings. The number of hydrogen-bond donors (Lipinski definition) is 1. The van der Waals surface area contributed by atoms with Gasteiger partial charge in [0.1, 0.15) is 6.04 Å². The first-order valence-corrected chi connectivity index (χ1v) is 9.05. The van der Waals surface area contributed by atoms with E-state index in [2.05, 4.69) is 40.5 Å². The number of urea groups is 1. The zero-order valence-electron chi connectivity index (χ0n) is 14.4. The van der Waals surface area contributed by atoms with Gasteiger partial charge in [0, 0.05) is 13.1 Å². The first-order chi connectivity index (χ1) is 11.7. The van der Waals surface area contributed by atoms with Crippen molar-refractivity contribution in [1.82, 2.24) is 15.1 Å². The van der Waals surface area contributed by atoms with Gasteiger partial charge in [-0.1, -0.05) is 43.7 Å². The predicted octanol–water partition coefficient (Wildman–Crippen LogP) is 2.62. The van der Waals surface area contributed by atoms with E-state index < -0.39 is 0 Å². The molecule has 0 radical (unpaired) electrons. The van der Waals surface area contributed by atoms with Crippen molar-refractivity contribution in [2.45, 2.75) is 45.1 Å². The van der Waals surface area contributed by atoms with Crippen LogP contribution >= 0.6 is 0 Å². The largest absolute Gasteiger partial charge is 0.326 e. The zero-order chi connectivity index (χ0) is 16.9. The van der Waals surface area contributed by atoms with Crippen LogP contribution in [0.25, 0.3) is 0 Å². The van der Waals surface area contributed by atoms with Crippen LogP contribution in [-0.4, -0.2) is 47.5 Å². The van der Waals surface area contributed by atoms with Crippen LogP contribution in [0, 0.1) is 5.92 Å². The van der Waals surface area contributed by atoms with Gasteiger partial charge in [0.15, 0.2) is 0 Å². The van der Waals surface area contributed by atoms with Crippen LogP contribution in [0.1, 0.15) is 38.2 Å². The van der Waals surface area contributed by atoms with Crippen LogP contribution in [0.2, 0.25) is 0 Å². The number of carbonyl (C=O) groups excluding carboxylic acids is 2. The lowest BCUT2D eigenvalue weighted by molar-refractivity contribution is -0.129. The second-order valence-electron chi connectivity index (χ2n) is 6.95. The Labute approximate surface area is 144 Å². The molecule has 3 rings (SSSR count). The Kier molecular flexibility index (Phi) is 5.51. The van der Waals surface area contributed by atoms with E-state index in [0.717, 1.165) is 45.2 Å². The van der Waals surface area contributed by atoms with E-state index in [1.54, 1.807) is 0 Å². The van der Waals surface area contributed by atoms with Crippen molar-refractivity contribution in [2.75, 3.05) is 19.8 Å². The molecule has 1 atom stereocenters. The molecule has 2 saturated heterocycles. The molecule has 0 unspecified atom stereocenters. The maximum Gasteiger partial charge on any atom is 0.325 e. The first kappa shape index (κ1) is 17.0. The molecule has 1 N–H and O–H groups in total.